The van der Waals surface area contributed by atoms with Crippen molar-refractivity contribution in [1.82, 2.24) is 0 Å². The van der Waals surface area contributed by atoms with Gasteiger partial charge in [-0.25, -0.2) is 0 Å². The van der Waals surface area contributed by atoms with E-state index in [1.54, 1.807) is 0 Å². The second kappa shape index (κ2) is 2.83. The lowest BCUT2D eigenvalue weighted by atomic mass is 9.69. The van der Waals surface area contributed by atoms with Gasteiger partial charge in [0.15, 0.2) is 0 Å². The number of carbonyl (C=O) groups excluding carboxylic acids is 2. The van der Waals surface area contributed by atoms with Crippen molar-refractivity contribution < 1.29 is 14.3 Å². The molecule has 0 aromatic carbocycles. The maximum absolute atomic E-state index is 11.7. The lowest BCUT2D eigenvalue weighted by molar-refractivity contribution is -0.154. The zero-order valence-electron chi connectivity index (χ0n) is 9.79. The van der Waals surface area contributed by atoms with Crippen LogP contribution in [0.25, 0.3) is 0 Å². The molecule has 3 nitrogen and oxygen atoms in total. The van der Waals surface area contributed by atoms with Crippen molar-refractivity contribution in [2.75, 3.05) is 0 Å². The van der Waals surface area contributed by atoms with Gasteiger partial charge in [0.05, 0.1) is 11.8 Å². The summed E-state index contributed by atoms with van der Waals surface area (Å²) in [6.07, 6.45) is 2.07. The predicted molar refractivity (Wildman–Crippen MR) is 54.9 cm³/mol. The second-order valence-corrected chi connectivity index (χ2v) is 6.22. The average Bonchev–Trinajstić information content (AvgIpc) is 2.68. The minimum absolute atomic E-state index is 0.0151. The Labute approximate surface area is 90.2 Å². The molecule has 0 aromatic heterocycles. The summed E-state index contributed by atoms with van der Waals surface area (Å²) in [5.41, 5.74) is -0.180. The molecule has 3 heteroatoms. The lowest BCUT2D eigenvalue weighted by Gasteiger charge is -2.30. The second-order valence-electron chi connectivity index (χ2n) is 6.22. The maximum Gasteiger partial charge on any atom is 0.318 e. The van der Waals surface area contributed by atoms with Gasteiger partial charge < -0.3 is 4.74 Å². The molecular formula is C12H18O3. The highest BCUT2D eigenvalue weighted by molar-refractivity contribution is 5.97. The van der Waals surface area contributed by atoms with E-state index in [9.17, 15) is 9.59 Å². The fourth-order valence-corrected chi connectivity index (χ4v) is 2.55. The van der Waals surface area contributed by atoms with E-state index in [-0.39, 0.29) is 34.6 Å². The molecular weight excluding hydrogens is 192 g/mol. The molecule has 2 rings (SSSR count). The molecule has 84 valence electrons. The summed E-state index contributed by atoms with van der Waals surface area (Å²) in [5.74, 6) is -1.12. The summed E-state index contributed by atoms with van der Waals surface area (Å²) in [5, 5.41) is 0. The van der Waals surface area contributed by atoms with E-state index in [1.807, 2.05) is 20.8 Å². The molecule has 1 aliphatic heterocycles. The molecule has 0 N–H and O–H groups in total. The van der Waals surface area contributed by atoms with Gasteiger partial charge in [0, 0.05) is 0 Å². The third-order valence-corrected chi connectivity index (χ3v) is 3.76. The summed E-state index contributed by atoms with van der Waals surface area (Å²) in [6, 6.07) is 0. The average molecular weight is 210 g/mol. The van der Waals surface area contributed by atoms with Crippen LogP contribution in [0.3, 0.4) is 0 Å². The minimum Gasteiger partial charge on any atom is -0.393 e. The van der Waals surface area contributed by atoms with Crippen LogP contribution in [0.15, 0.2) is 0 Å². The van der Waals surface area contributed by atoms with E-state index in [0.717, 1.165) is 12.8 Å². The van der Waals surface area contributed by atoms with Crippen molar-refractivity contribution in [1.29, 1.82) is 0 Å². The minimum atomic E-state index is -0.328. The Morgan fingerprint density at radius 1 is 1.20 bits per heavy atom. The standard InChI is InChI=1S/C12H18O3/c1-11(2,3)7-8(12(4)5-6-12)10(14)15-9(7)13/h7-8H,5-6H2,1-4H3. The van der Waals surface area contributed by atoms with Crippen LogP contribution in [0.5, 0.6) is 0 Å². The van der Waals surface area contributed by atoms with Crippen LogP contribution in [-0.2, 0) is 14.3 Å². The number of cyclic esters (lactones) is 2. The Morgan fingerprint density at radius 3 is 2.13 bits per heavy atom. The molecule has 2 unspecified atom stereocenters. The molecule has 0 spiro atoms. The van der Waals surface area contributed by atoms with Gasteiger partial charge in [0.25, 0.3) is 0 Å². The van der Waals surface area contributed by atoms with Crippen LogP contribution in [0.4, 0.5) is 0 Å². The van der Waals surface area contributed by atoms with Crippen molar-refractivity contribution >= 4 is 11.9 Å². The van der Waals surface area contributed by atoms with Crippen molar-refractivity contribution in [2.45, 2.75) is 40.5 Å². The molecule has 2 atom stereocenters. The highest BCUT2D eigenvalue weighted by atomic mass is 16.6. The van der Waals surface area contributed by atoms with Crippen molar-refractivity contribution in [2.24, 2.45) is 22.7 Å². The molecule has 0 radical (unpaired) electrons. The van der Waals surface area contributed by atoms with Gasteiger partial charge in [-0.1, -0.05) is 27.7 Å². The monoisotopic (exact) mass is 210 g/mol. The Hall–Kier alpha value is -0.860. The summed E-state index contributed by atoms with van der Waals surface area (Å²) in [7, 11) is 0. The maximum atomic E-state index is 11.7. The van der Waals surface area contributed by atoms with Gasteiger partial charge in [0.1, 0.15) is 0 Å². The molecule has 0 bridgehead atoms. The van der Waals surface area contributed by atoms with Gasteiger partial charge in [-0.15, -0.1) is 0 Å². The van der Waals surface area contributed by atoms with E-state index < -0.39 is 0 Å². The van der Waals surface area contributed by atoms with E-state index in [2.05, 4.69) is 6.92 Å². The fourth-order valence-electron chi connectivity index (χ4n) is 2.55. The number of carbonyl (C=O) groups is 2. The SMILES string of the molecule is CC(C)(C)C1C(=O)OC(=O)C1C1(C)CC1. The molecule has 1 saturated heterocycles. The Bertz CT molecular complexity index is 299. The van der Waals surface area contributed by atoms with Crippen LogP contribution in [0.2, 0.25) is 0 Å². The molecule has 1 aliphatic carbocycles. The first-order valence-electron chi connectivity index (χ1n) is 5.51. The Kier molecular flexibility index (Phi) is 2.01. The summed E-state index contributed by atoms with van der Waals surface area (Å²) >= 11 is 0. The highest BCUT2D eigenvalue weighted by Gasteiger charge is 2.61. The quantitative estimate of drug-likeness (QED) is 0.492. The zero-order chi connectivity index (χ0) is 11.4. The Balaban J connectivity index is 2.34. The summed E-state index contributed by atoms with van der Waals surface area (Å²) in [4.78, 5) is 23.4. The Morgan fingerprint density at radius 2 is 1.73 bits per heavy atom. The van der Waals surface area contributed by atoms with Crippen LogP contribution in [-0.4, -0.2) is 11.9 Å². The van der Waals surface area contributed by atoms with Gasteiger partial charge in [-0.3, -0.25) is 9.59 Å². The van der Waals surface area contributed by atoms with Crippen LogP contribution in [0, 0.1) is 22.7 Å². The first-order chi connectivity index (χ1) is 6.76. The molecule has 15 heavy (non-hydrogen) atoms. The van der Waals surface area contributed by atoms with Gasteiger partial charge in [-0.05, 0) is 23.7 Å². The van der Waals surface area contributed by atoms with Crippen LogP contribution >= 0.6 is 0 Å². The molecule has 2 aliphatic rings. The zero-order valence-corrected chi connectivity index (χ0v) is 9.79. The molecule has 1 heterocycles. The lowest BCUT2D eigenvalue weighted by Crippen LogP contribution is -2.35. The van der Waals surface area contributed by atoms with E-state index in [4.69, 9.17) is 4.74 Å². The number of ether oxygens (including phenoxy) is 1. The molecule has 2 fully saturated rings. The van der Waals surface area contributed by atoms with Crippen LogP contribution < -0.4 is 0 Å². The number of hydrogen-bond acceptors (Lipinski definition) is 3. The van der Waals surface area contributed by atoms with E-state index in [1.165, 1.54) is 0 Å². The summed E-state index contributed by atoms with van der Waals surface area (Å²) < 4.78 is 4.80. The normalized spacial score (nSPS) is 34.1. The van der Waals surface area contributed by atoms with E-state index in [0.29, 0.717) is 0 Å². The van der Waals surface area contributed by atoms with Gasteiger partial charge in [0.2, 0.25) is 0 Å². The first-order valence-corrected chi connectivity index (χ1v) is 5.51. The van der Waals surface area contributed by atoms with Crippen molar-refractivity contribution in [3.63, 3.8) is 0 Å². The van der Waals surface area contributed by atoms with Crippen LogP contribution in [0.1, 0.15) is 40.5 Å². The molecule has 0 amide bonds. The number of esters is 2. The smallest absolute Gasteiger partial charge is 0.318 e. The summed E-state index contributed by atoms with van der Waals surface area (Å²) in [6.45, 7) is 8.07. The van der Waals surface area contributed by atoms with Crippen molar-refractivity contribution in [3.05, 3.63) is 0 Å². The van der Waals surface area contributed by atoms with Gasteiger partial charge >= 0.3 is 11.9 Å². The van der Waals surface area contributed by atoms with E-state index >= 15 is 0 Å². The van der Waals surface area contributed by atoms with Crippen molar-refractivity contribution in [3.8, 4) is 0 Å². The highest BCUT2D eigenvalue weighted by Crippen LogP contribution is 2.58. The third kappa shape index (κ3) is 1.58. The predicted octanol–water partition coefficient (Wildman–Crippen LogP) is 2.15. The molecule has 1 saturated carbocycles. The number of rotatable bonds is 1. The number of hydrogen-bond donors (Lipinski definition) is 0. The first kappa shape index (κ1) is 10.7. The fraction of sp³-hybridized carbons (Fsp3) is 0.833. The third-order valence-electron chi connectivity index (χ3n) is 3.76. The van der Waals surface area contributed by atoms with Gasteiger partial charge in [-0.2, -0.15) is 0 Å². The molecule has 0 aromatic rings. The topological polar surface area (TPSA) is 43.4 Å². The largest absolute Gasteiger partial charge is 0.393 e.